The van der Waals surface area contributed by atoms with Crippen LogP contribution in [0.2, 0.25) is 0 Å². The lowest BCUT2D eigenvalue weighted by Crippen LogP contribution is -2.20. The van der Waals surface area contributed by atoms with Crippen LogP contribution in [-0.4, -0.2) is 29.7 Å². The highest BCUT2D eigenvalue weighted by molar-refractivity contribution is 5.07. The average Bonchev–Trinajstić information content (AvgIpc) is 2.29. The highest BCUT2D eigenvalue weighted by atomic mass is 16.7. The van der Waals surface area contributed by atoms with E-state index in [0.717, 1.165) is 0 Å². The molecule has 0 bridgehead atoms. The predicted octanol–water partition coefficient (Wildman–Crippen LogP) is 0.912. The number of hydrogen-bond donors (Lipinski definition) is 1. The summed E-state index contributed by atoms with van der Waals surface area (Å²) in [5.41, 5.74) is 0. The van der Waals surface area contributed by atoms with Crippen LogP contribution in [-0.2, 0) is 9.47 Å². The third kappa shape index (κ3) is 3.77. The van der Waals surface area contributed by atoms with E-state index in [4.69, 9.17) is 14.6 Å². The molecule has 1 heterocycles. The zero-order valence-corrected chi connectivity index (χ0v) is 8.33. The predicted molar refractivity (Wildman–Crippen MR) is 49.0 cm³/mol. The Morgan fingerprint density at radius 2 is 2.31 bits per heavy atom. The molecule has 74 valence electrons. The van der Waals surface area contributed by atoms with Crippen molar-refractivity contribution in [3.8, 4) is 11.8 Å². The van der Waals surface area contributed by atoms with Crippen molar-refractivity contribution in [2.75, 3.05) is 6.61 Å². The molecule has 0 radical (unpaired) electrons. The fourth-order valence-electron chi connectivity index (χ4n) is 1.08. The van der Waals surface area contributed by atoms with Crippen LogP contribution in [0.1, 0.15) is 27.2 Å². The van der Waals surface area contributed by atoms with Crippen molar-refractivity contribution in [3.63, 3.8) is 0 Å². The summed E-state index contributed by atoms with van der Waals surface area (Å²) in [6.45, 7) is 5.96. The van der Waals surface area contributed by atoms with Gasteiger partial charge in [-0.1, -0.05) is 11.8 Å². The zero-order chi connectivity index (χ0) is 9.90. The molecule has 0 aliphatic carbocycles. The van der Waals surface area contributed by atoms with Gasteiger partial charge in [-0.15, -0.1) is 0 Å². The Hall–Kier alpha value is -0.560. The van der Waals surface area contributed by atoms with Crippen molar-refractivity contribution < 1.29 is 14.6 Å². The van der Waals surface area contributed by atoms with Gasteiger partial charge in [0.2, 0.25) is 0 Å². The monoisotopic (exact) mass is 184 g/mol. The van der Waals surface area contributed by atoms with Crippen LogP contribution in [0.5, 0.6) is 0 Å². The average molecular weight is 184 g/mol. The fraction of sp³-hybridized carbons (Fsp3) is 0.800. The highest BCUT2D eigenvalue weighted by Gasteiger charge is 2.31. The summed E-state index contributed by atoms with van der Waals surface area (Å²) in [5.74, 6) is 5.26. The van der Waals surface area contributed by atoms with Crippen molar-refractivity contribution in [2.24, 2.45) is 0 Å². The number of hydrogen-bond acceptors (Lipinski definition) is 3. The Balaban J connectivity index is 2.34. The summed E-state index contributed by atoms with van der Waals surface area (Å²) in [7, 11) is 0. The lowest BCUT2D eigenvalue weighted by molar-refractivity contribution is -0.132. The summed E-state index contributed by atoms with van der Waals surface area (Å²) in [6, 6.07) is 0. The van der Waals surface area contributed by atoms with Gasteiger partial charge in [-0.05, 0) is 20.8 Å². The largest absolute Gasteiger partial charge is 0.392 e. The second-order valence-corrected chi connectivity index (χ2v) is 3.69. The summed E-state index contributed by atoms with van der Waals surface area (Å²) in [4.78, 5) is 0. The molecule has 1 N–H and O–H groups in total. The van der Waals surface area contributed by atoms with Crippen LogP contribution < -0.4 is 0 Å². The Labute approximate surface area is 79.0 Å². The van der Waals surface area contributed by atoms with Gasteiger partial charge in [0, 0.05) is 6.42 Å². The van der Waals surface area contributed by atoms with E-state index in [1.54, 1.807) is 6.92 Å². The first-order valence-corrected chi connectivity index (χ1v) is 4.48. The topological polar surface area (TPSA) is 38.7 Å². The van der Waals surface area contributed by atoms with Crippen molar-refractivity contribution in [1.29, 1.82) is 0 Å². The highest BCUT2D eigenvalue weighted by Crippen LogP contribution is 2.21. The molecule has 13 heavy (non-hydrogen) atoms. The molecule has 2 atom stereocenters. The van der Waals surface area contributed by atoms with E-state index < -0.39 is 5.79 Å². The van der Waals surface area contributed by atoms with Crippen LogP contribution >= 0.6 is 0 Å². The molecule has 0 spiro atoms. The first-order chi connectivity index (χ1) is 5.99. The maximum absolute atomic E-state index is 8.95. The normalized spacial score (nSPS) is 27.8. The summed E-state index contributed by atoms with van der Waals surface area (Å²) in [5, 5.41) is 8.95. The van der Waals surface area contributed by atoms with Crippen LogP contribution in [0, 0.1) is 11.8 Å². The van der Waals surface area contributed by atoms with Crippen LogP contribution in [0.25, 0.3) is 0 Å². The molecule has 1 aliphatic rings. The molecule has 3 heteroatoms. The zero-order valence-electron chi connectivity index (χ0n) is 8.33. The van der Waals surface area contributed by atoms with E-state index in [1.165, 1.54) is 0 Å². The third-order valence-corrected chi connectivity index (χ3v) is 1.67. The van der Waals surface area contributed by atoms with Gasteiger partial charge in [-0.2, -0.15) is 0 Å². The fourth-order valence-corrected chi connectivity index (χ4v) is 1.08. The summed E-state index contributed by atoms with van der Waals surface area (Å²) < 4.78 is 10.8. The molecule has 3 nitrogen and oxygen atoms in total. The number of aliphatic hydroxyl groups is 1. The summed E-state index contributed by atoms with van der Waals surface area (Å²) in [6.07, 6.45) is -0.0307. The number of aliphatic hydroxyl groups excluding tert-OH is 1. The minimum atomic E-state index is -0.510. The maximum atomic E-state index is 8.95. The smallest absolute Gasteiger partial charge is 0.164 e. The van der Waals surface area contributed by atoms with Gasteiger partial charge in [-0.25, -0.2) is 0 Å². The molecule has 0 aromatic heterocycles. The van der Waals surface area contributed by atoms with E-state index in [0.29, 0.717) is 13.0 Å². The Bertz CT molecular complexity index is 222. The molecular formula is C10H16O3. The second-order valence-electron chi connectivity index (χ2n) is 3.69. The van der Waals surface area contributed by atoms with E-state index in [2.05, 4.69) is 11.8 Å². The minimum absolute atomic E-state index is 0.145. The van der Waals surface area contributed by atoms with Gasteiger partial charge in [-0.3, -0.25) is 0 Å². The van der Waals surface area contributed by atoms with E-state index in [1.807, 2.05) is 13.8 Å². The standard InChI is InChI=1S/C10H16O3/c1-8(11)5-4-6-9-7-12-10(2,3)13-9/h8-9,11H,5,7H2,1-3H3/t8?,9-/m0/s1. The van der Waals surface area contributed by atoms with Crippen molar-refractivity contribution in [1.82, 2.24) is 0 Å². The van der Waals surface area contributed by atoms with Crippen LogP contribution in [0.3, 0.4) is 0 Å². The number of rotatable bonds is 1. The molecular weight excluding hydrogens is 168 g/mol. The van der Waals surface area contributed by atoms with Gasteiger partial charge in [0.25, 0.3) is 0 Å². The molecule has 0 aromatic carbocycles. The van der Waals surface area contributed by atoms with E-state index in [9.17, 15) is 0 Å². The van der Waals surface area contributed by atoms with Gasteiger partial charge in [0.1, 0.15) is 6.10 Å². The molecule has 0 aromatic rings. The molecule has 0 saturated carbocycles. The van der Waals surface area contributed by atoms with Gasteiger partial charge >= 0.3 is 0 Å². The van der Waals surface area contributed by atoms with E-state index >= 15 is 0 Å². The lowest BCUT2D eigenvalue weighted by atomic mass is 10.3. The SMILES string of the molecule is CC(O)CC#C[C@H]1COC(C)(C)O1. The minimum Gasteiger partial charge on any atom is -0.392 e. The van der Waals surface area contributed by atoms with Gasteiger partial charge in [0.15, 0.2) is 5.79 Å². The Morgan fingerprint density at radius 1 is 1.62 bits per heavy atom. The third-order valence-electron chi connectivity index (χ3n) is 1.67. The molecule has 1 rings (SSSR count). The molecule has 1 saturated heterocycles. The van der Waals surface area contributed by atoms with Crippen molar-refractivity contribution in [2.45, 2.75) is 45.2 Å². The van der Waals surface area contributed by atoms with Gasteiger partial charge in [0.05, 0.1) is 12.7 Å². The van der Waals surface area contributed by atoms with Crippen LogP contribution in [0.15, 0.2) is 0 Å². The van der Waals surface area contributed by atoms with Crippen LogP contribution in [0.4, 0.5) is 0 Å². The quantitative estimate of drug-likeness (QED) is 0.616. The molecule has 1 fully saturated rings. The first-order valence-electron chi connectivity index (χ1n) is 4.48. The number of ether oxygens (including phenoxy) is 2. The van der Waals surface area contributed by atoms with E-state index in [-0.39, 0.29) is 12.2 Å². The lowest BCUT2D eigenvalue weighted by Gasteiger charge is -2.14. The van der Waals surface area contributed by atoms with Gasteiger partial charge < -0.3 is 14.6 Å². The molecule has 1 unspecified atom stereocenters. The van der Waals surface area contributed by atoms with Crippen molar-refractivity contribution in [3.05, 3.63) is 0 Å². The van der Waals surface area contributed by atoms with Crippen molar-refractivity contribution >= 4 is 0 Å². The molecule has 0 amide bonds. The summed E-state index contributed by atoms with van der Waals surface area (Å²) >= 11 is 0. The molecule has 1 aliphatic heterocycles. The Morgan fingerprint density at radius 3 is 2.77 bits per heavy atom. The second kappa shape index (κ2) is 4.10. The maximum Gasteiger partial charge on any atom is 0.164 e. The Kier molecular flexibility index (Phi) is 3.32. The first kappa shape index (κ1) is 10.5.